The Hall–Kier alpha value is -4.45. The molecule has 0 aromatic carbocycles. The molecule has 6 nitrogen and oxygen atoms in total. The van der Waals surface area contributed by atoms with Crippen LogP contribution in [0.2, 0.25) is 0 Å². The molecule has 0 saturated heterocycles. The van der Waals surface area contributed by atoms with Gasteiger partial charge in [-0.1, -0.05) is 238 Å². The third kappa shape index (κ3) is 58.3. The molecule has 412 valence electrons. The van der Waals surface area contributed by atoms with Gasteiger partial charge in [-0.25, -0.2) is 0 Å². The van der Waals surface area contributed by atoms with Crippen LogP contribution >= 0.6 is 0 Å². The van der Waals surface area contributed by atoms with E-state index in [1.54, 1.807) is 0 Å². The van der Waals surface area contributed by atoms with Crippen molar-refractivity contribution in [1.29, 1.82) is 0 Å². The van der Waals surface area contributed by atoms with Gasteiger partial charge in [0, 0.05) is 19.3 Å². The van der Waals surface area contributed by atoms with Crippen molar-refractivity contribution in [2.75, 3.05) is 13.2 Å². The number of allylic oxidation sites excluding steroid dienone is 22. The number of hydrogen-bond acceptors (Lipinski definition) is 6. The maximum absolute atomic E-state index is 12.8. The topological polar surface area (TPSA) is 78.9 Å². The van der Waals surface area contributed by atoms with E-state index in [9.17, 15) is 14.4 Å². The van der Waals surface area contributed by atoms with E-state index in [2.05, 4.69) is 154 Å². The Labute approximate surface area is 449 Å². The molecule has 73 heavy (non-hydrogen) atoms. The summed E-state index contributed by atoms with van der Waals surface area (Å²) in [5.41, 5.74) is 0. The quantitative estimate of drug-likeness (QED) is 0.0261. The van der Waals surface area contributed by atoms with Crippen LogP contribution in [-0.4, -0.2) is 37.2 Å². The molecule has 0 bridgehead atoms. The van der Waals surface area contributed by atoms with E-state index >= 15 is 0 Å². The van der Waals surface area contributed by atoms with Crippen LogP contribution in [0.1, 0.15) is 252 Å². The lowest BCUT2D eigenvalue weighted by Gasteiger charge is -2.18. The van der Waals surface area contributed by atoms with Crippen molar-refractivity contribution in [3.8, 4) is 0 Å². The summed E-state index contributed by atoms with van der Waals surface area (Å²) < 4.78 is 16.8. The molecule has 0 aromatic rings. The smallest absolute Gasteiger partial charge is 0.306 e. The Balaban J connectivity index is 4.36. The Morgan fingerprint density at radius 2 is 0.534 bits per heavy atom. The van der Waals surface area contributed by atoms with Crippen LogP contribution in [0.5, 0.6) is 0 Å². The second-order valence-electron chi connectivity index (χ2n) is 19.1. The fraction of sp³-hybridized carbons (Fsp3) is 0.627. The van der Waals surface area contributed by atoms with Gasteiger partial charge in [-0.05, 0) is 128 Å². The Kier molecular flexibility index (Phi) is 56.4. The van der Waals surface area contributed by atoms with Crippen molar-refractivity contribution in [1.82, 2.24) is 0 Å². The molecule has 1 unspecified atom stereocenters. The van der Waals surface area contributed by atoms with Gasteiger partial charge in [0.2, 0.25) is 0 Å². The molecule has 0 radical (unpaired) electrons. The largest absolute Gasteiger partial charge is 0.462 e. The van der Waals surface area contributed by atoms with Gasteiger partial charge in [-0.15, -0.1) is 0 Å². The van der Waals surface area contributed by atoms with Crippen LogP contribution < -0.4 is 0 Å². The minimum absolute atomic E-state index is 0.0987. The number of unbranched alkanes of at least 4 members (excludes halogenated alkanes) is 19. The molecule has 0 aliphatic heterocycles. The predicted molar refractivity (Wildman–Crippen MR) is 316 cm³/mol. The van der Waals surface area contributed by atoms with Gasteiger partial charge in [0.25, 0.3) is 0 Å². The lowest BCUT2D eigenvalue weighted by atomic mass is 10.1. The first-order valence-electron chi connectivity index (χ1n) is 29.7. The van der Waals surface area contributed by atoms with Crippen LogP contribution in [0.25, 0.3) is 0 Å². The summed E-state index contributed by atoms with van der Waals surface area (Å²) in [6, 6.07) is 0. The minimum Gasteiger partial charge on any atom is -0.462 e. The van der Waals surface area contributed by atoms with Crippen LogP contribution in [-0.2, 0) is 28.6 Å². The Bertz CT molecular complexity index is 1580. The Morgan fingerprint density at radius 3 is 0.849 bits per heavy atom. The normalized spacial score (nSPS) is 13.1. The lowest BCUT2D eigenvalue weighted by molar-refractivity contribution is -0.167. The van der Waals surface area contributed by atoms with Gasteiger partial charge in [-0.2, -0.15) is 0 Å². The summed E-state index contributed by atoms with van der Waals surface area (Å²) in [7, 11) is 0. The van der Waals surface area contributed by atoms with Gasteiger partial charge in [-0.3, -0.25) is 14.4 Å². The number of ether oxygens (including phenoxy) is 3. The van der Waals surface area contributed by atoms with Crippen molar-refractivity contribution in [2.24, 2.45) is 0 Å². The van der Waals surface area contributed by atoms with E-state index in [-0.39, 0.29) is 31.1 Å². The molecule has 0 spiro atoms. The number of hydrogen-bond donors (Lipinski definition) is 0. The average Bonchev–Trinajstić information content (AvgIpc) is 3.39. The van der Waals surface area contributed by atoms with E-state index in [1.807, 2.05) is 0 Å². The molecule has 0 aliphatic carbocycles. The van der Waals surface area contributed by atoms with Gasteiger partial charge in [0.05, 0.1) is 0 Å². The molecule has 0 N–H and O–H groups in total. The minimum atomic E-state index is -0.802. The summed E-state index contributed by atoms with van der Waals surface area (Å²) in [5.74, 6) is -0.944. The summed E-state index contributed by atoms with van der Waals surface area (Å²) in [6.45, 7) is 6.33. The SMILES string of the molecule is CC/C=C\C/C=C\C/C=C\C/C=C\C/C=C\C/C=C\CCCCCCCCCCC(=O)OCC(COC(=O)CCCCCCC/C=C\CCCC)OC(=O)CCCCCC/C=C\C/C=C\C/C=C\C/C=C\CC. The van der Waals surface area contributed by atoms with E-state index in [4.69, 9.17) is 14.2 Å². The molecule has 0 heterocycles. The molecule has 0 fully saturated rings. The van der Waals surface area contributed by atoms with Gasteiger partial charge < -0.3 is 14.2 Å². The summed E-state index contributed by atoms with van der Waals surface area (Å²) in [5, 5.41) is 0. The zero-order valence-corrected chi connectivity index (χ0v) is 47.1. The van der Waals surface area contributed by atoms with Crippen molar-refractivity contribution < 1.29 is 28.6 Å². The third-order valence-electron chi connectivity index (χ3n) is 12.1. The fourth-order valence-electron chi connectivity index (χ4n) is 7.71. The van der Waals surface area contributed by atoms with Crippen LogP contribution in [0.3, 0.4) is 0 Å². The molecule has 0 aliphatic rings. The maximum atomic E-state index is 12.8. The van der Waals surface area contributed by atoms with Crippen LogP contribution in [0, 0.1) is 0 Å². The summed E-state index contributed by atoms with van der Waals surface area (Å²) in [6.07, 6.45) is 84.5. The van der Waals surface area contributed by atoms with E-state index in [0.29, 0.717) is 19.3 Å². The van der Waals surface area contributed by atoms with Crippen LogP contribution in [0.15, 0.2) is 134 Å². The highest BCUT2D eigenvalue weighted by Gasteiger charge is 2.19. The standard InChI is InChI=1S/C67H108O6/c1-4-7-10-13-16-19-22-24-26-28-29-30-31-32-33-34-35-36-37-39-40-42-45-48-51-54-57-60-66(69)72-63-64(62-71-65(68)59-56-53-50-47-44-21-18-15-12-9-6-3)73-67(70)61-58-55-52-49-46-43-41-38-27-25-23-20-17-14-11-8-5-2/h7-8,10-11,15-20,24-27,29-30,32-33,35-36,41,43,64H,4-6,9,12-14,21-23,28,31,34,37-40,42,44-63H2,1-3H3/b10-7-,11-8-,18-15-,19-16-,20-17-,26-24-,27-25-,30-29-,33-32-,36-35-,43-41-. The van der Waals surface area contributed by atoms with Gasteiger partial charge in [0.1, 0.15) is 13.2 Å². The lowest BCUT2D eigenvalue weighted by Crippen LogP contribution is -2.30. The van der Waals surface area contributed by atoms with Gasteiger partial charge in [0.15, 0.2) is 6.10 Å². The first-order valence-corrected chi connectivity index (χ1v) is 29.7. The van der Waals surface area contributed by atoms with Crippen LogP contribution in [0.4, 0.5) is 0 Å². The van der Waals surface area contributed by atoms with E-state index in [0.717, 1.165) is 154 Å². The monoisotopic (exact) mass is 1010 g/mol. The summed E-state index contributed by atoms with van der Waals surface area (Å²) >= 11 is 0. The first-order chi connectivity index (χ1) is 36.0. The Morgan fingerprint density at radius 1 is 0.288 bits per heavy atom. The highest BCUT2D eigenvalue weighted by Crippen LogP contribution is 2.14. The fourth-order valence-corrected chi connectivity index (χ4v) is 7.71. The number of carbonyl (C=O) groups excluding carboxylic acids is 3. The van der Waals surface area contributed by atoms with Crippen molar-refractivity contribution in [2.45, 2.75) is 258 Å². The first kappa shape index (κ1) is 68.6. The number of rotatable bonds is 52. The number of carbonyl (C=O) groups is 3. The van der Waals surface area contributed by atoms with Crippen molar-refractivity contribution in [3.05, 3.63) is 134 Å². The second-order valence-corrected chi connectivity index (χ2v) is 19.1. The average molecular weight is 1010 g/mol. The molecule has 1 atom stereocenters. The molecule has 0 amide bonds. The maximum Gasteiger partial charge on any atom is 0.306 e. The highest BCUT2D eigenvalue weighted by atomic mass is 16.6. The highest BCUT2D eigenvalue weighted by molar-refractivity contribution is 5.71. The van der Waals surface area contributed by atoms with Crippen molar-refractivity contribution in [3.63, 3.8) is 0 Å². The zero-order chi connectivity index (χ0) is 52.9. The zero-order valence-electron chi connectivity index (χ0n) is 47.1. The molecule has 0 saturated carbocycles. The molecule has 6 heteroatoms. The molecule has 0 aromatic heterocycles. The third-order valence-corrected chi connectivity index (χ3v) is 12.1. The molecule has 0 rings (SSSR count). The molecular weight excluding hydrogens is 901 g/mol. The van der Waals surface area contributed by atoms with Gasteiger partial charge >= 0.3 is 17.9 Å². The molecular formula is C67H108O6. The van der Waals surface area contributed by atoms with Crippen molar-refractivity contribution >= 4 is 17.9 Å². The van der Waals surface area contributed by atoms with E-state index in [1.165, 1.54) is 57.8 Å². The predicted octanol–water partition coefficient (Wildman–Crippen LogP) is 20.2. The second kappa shape index (κ2) is 60.1. The number of esters is 3. The summed E-state index contributed by atoms with van der Waals surface area (Å²) in [4.78, 5) is 38.1. The van der Waals surface area contributed by atoms with E-state index < -0.39 is 6.10 Å².